The number of nitrogens with zero attached hydrogens (tertiary/aromatic N) is 1. The summed E-state index contributed by atoms with van der Waals surface area (Å²) in [5, 5.41) is 5.85. The molecule has 4 rings (SSSR count). The van der Waals surface area contributed by atoms with E-state index in [1.807, 2.05) is 0 Å². The van der Waals surface area contributed by atoms with Crippen LogP contribution < -0.4 is 21.5 Å². The summed E-state index contributed by atoms with van der Waals surface area (Å²) in [5.41, 5.74) is 6.49. The van der Waals surface area contributed by atoms with E-state index in [4.69, 9.17) is 28.2 Å². The third kappa shape index (κ3) is 7.84. The van der Waals surface area contributed by atoms with Crippen molar-refractivity contribution >= 4 is 35.1 Å². The van der Waals surface area contributed by atoms with Crippen molar-refractivity contribution in [3.05, 3.63) is 0 Å². The molecule has 1 heterocycles. The number of aliphatic imine (C=N–C) groups is 1. The summed E-state index contributed by atoms with van der Waals surface area (Å²) in [6.07, 6.45) is 0.612. The van der Waals surface area contributed by atoms with Crippen LogP contribution in [-0.2, 0) is 4.79 Å². The van der Waals surface area contributed by atoms with Gasteiger partial charge in [0.25, 0.3) is 0 Å². The van der Waals surface area contributed by atoms with E-state index in [2.05, 4.69) is 21.5 Å². The fraction of sp³-hybridized carbons (Fsp3) is 0.917. The van der Waals surface area contributed by atoms with Crippen LogP contribution in [-0.4, -0.2) is 53.2 Å². The first-order valence-electron chi connectivity index (χ1n) is 13.2. The number of halogens is 6. The van der Waals surface area contributed by atoms with Gasteiger partial charge in [0, 0.05) is 35.2 Å². The van der Waals surface area contributed by atoms with E-state index in [0.717, 1.165) is 25.7 Å². The number of nitrogens with one attached hydrogen (secondary N) is 4. The van der Waals surface area contributed by atoms with Crippen molar-refractivity contribution in [2.24, 2.45) is 22.7 Å². The number of hydrogen-bond acceptors (Lipinski definition) is 4. The maximum absolute atomic E-state index is 14.1. The Hall–Kier alpha value is -0.840. The lowest BCUT2D eigenvalue weighted by Gasteiger charge is -2.31. The van der Waals surface area contributed by atoms with Crippen molar-refractivity contribution < 1.29 is 22.4 Å². The molecule has 12 heteroatoms. The summed E-state index contributed by atoms with van der Waals surface area (Å²) in [6.45, 7) is 0. The number of hydrazine groups is 1. The van der Waals surface area contributed by atoms with Crippen LogP contribution in [0.3, 0.4) is 0 Å². The molecule has 1 amide bonds. The summed E-state index contributed by atoms with van der Waals surface area (Å²) in [6, 6.07) is -0.0937. The minimum atomic E-state index is -4.23. The van der Waals surface area contributed by atoms with Gasteiger partial charge in [0.1, 0.15) is 12.3 Å². The van der Waals surface area contributed by atoms with Gasteiger partial charge in [-0.15, -0.1) is 23.2 Å². The molecule has 1 saturated heterocycles. The number of carbonyl (C=O) groups excluding carboxylic acids is 1. The van der Waals surface area contributed by atoms with E-state index in [0.29, 0.717) is 25.2 Å². The van der Waals surface area contributed by atoms with Crippen LogP contribution in [0.15, 0.2) is 4.99 Å². The number of guanidine groups is 1. The van der Waals surface area contributed by atoms with E-state index in [9.17, 15) is 22.4 Å². The van der Waals surface area contributed by atoms with Crippen molar-refractivity contribution in [3.8, 4) is 0 Å². The molecule has 7 atom stereocenters. The molecular weight excluding hydrogens is 521 g/mol. The van der Waals surface area contributed by atoms with Gasteiger partial charge in [-0.25, -0.2) is 14.8 Å². The molecule has 0 radical (unpaired) electrons. The first kappa shape index (κ1) is 28.2. The topological polar surface area (TPSA) is 77.5 Å². The monoisotopic (exact) mass is 557 g/mol. The van der Waals surface area contributed by atoms with Crippen LogP contribution in [0.4, 0.5) is 17.6 Å². The van der Waals surface area contributed by atoms with Crippen LogP contribution >= 0.6 is 23.2 Å². The maximum atomic E-state index is 14.1. The van der Waals surface area contributed by atoms with Crippen molar-refractivity contribution in [1.82, 2.24) is 21.5 Å². The Balaban J connectivity index is 1.39. The number of amides is 1. The maximum Gasteiger partial charge on any atom is 0.391 e. The molecule has 0 aromatic carbocycles. The molecule has 6 nitrogen and oxygen atoms in total. The molecule has 4 fully saturated rings. The predicted octanol–water partition coefficient (Wildman–Crippen LogP) is 4.91. The summed E-state index contributed by atoms with van der Waals surface area (Å²) in [7, 11) is 0. The zero-order valence-corrected chi connectivity index (χ0v) is 21.8. The van der Waals surface area contributed by atoms with Crippen molar-refractivity contribution in [2.45, 2.75) is 118 Å². The number of rotatable bonds is 4. The summed E-state index contributed by atoms with van der Waals surface area (Å²) in [5.74, 6) is -1.56. The van der Waals surface area contributed by atoms with Gasteiger partial charge in [-0.1, -0.05) is 6.42 Å². The van der Waals surface area contributed by atoms with E-state index < -0.39 is 24.2 Å². The summed E-state index contributed by atoms with van der Waals surface area (Å²) < 4.78 is 53.2. The molecule has 1 aliphatic heterocycles. The Morgan fingerprint density at radius 3 is 2.31 bits per heavy atom. The quantitative estimate of drug-likeness (QED) is 0.171. The van der Waals surface area contributed by atoms with E-state index in [1.54, 1.807) is 0 Å². The average molecular weight is 558 g/mol. The minimum absolute atomic E-state index is 0.0552. The lowest BCUT2D eigenvalue weighted by molar-refractivity contribution is -0.184. The second-order valence-corrected chi connectivity index (χ2v) is 12.2. The van der Waals surface area contributed by atoms with Crippen LogP contribution in [0.2, 0.25) is 0 Å². The van der Waals surface area contributed by atoms with Crippen LogP contribution in [0, 0.1) is 17.8 Å². The van der Waals surface area contributed by atoms with Gasteiger partial charge in [0.15, 0.2) is 5.96 Å². The number of hydrogen-bond donors (Lipinski definition) is 4. The largest absolute Gasteiger partial charge is 0.391 e. The molecule has 0 aromatic rings. The lowest BCUT2D eigenvalue weighted by atomic mass is 9.81. The number of alkyl halides is 6. The van der Waals surface area contributed by atoms with E-state index in [1.165, 1.54) is 0 Å². The molecule has 206 valence electrons. The molecule has 0 aromatic heterocycles. The standard InChI is InChI=1S/C24H37Cl2F4N5O/c25-16-3-1-2-14(8-16)20-12-21(35-34-20)32-23(31-19-10-17(26)9-18(27)11-19)33-22(36)13-4-6-15(7-5-13)24(28,29)30/h13-21,34-35H,1-12H2,(H2,31,32,33,36). The Morgan fingerprint density at radius 1 is 0.889 bits per heavy atom. The highest BCUT2D eigenvalue weighted by Crippen LogP contribution is 2.39. The normalized spacial score (nSPS) is 40.6. The molecule has 3 aliphatic carbocycles. The van der Waals surface area contributed by atoms with E-state index >= 15 is 0 Å². The van der Waals surface area contributed by atoms with Gasteiger partial charge in [0.05, 0.1) is 5.92 Å². The highest BCUT2D eigenvalue weighted by atomic mass is 35.5. The summed E-state index contributed by atoms with van der Waals surface area (Å²) >= 11 is 12.6. The zero-order valence-electron chi connectivity index (χ0n) is 20.3. The van der Waals surface area contributed by atoms with E-state index in [-0.39, 0.29) is 73.0 Å². The highest BCUT2D eigenvalue weighted by Gasteiger charge is 2.43. The molecule has 4 aliphatic rings. The Kier molecular flexibility index (Phi) is 9.66. The third-order valence-electron chi connectivity index (χ3n) is 8.15. The molecule has 0 bridgehead atoms. The minimum Gasteiger partial charge on any atom is -0.353 e. The lowest BCUT2D eigenvalue weighted by Crippen LogP contribution is -2.51. The Bertz CT molecular complexity index is 770. The van der Waals surface area contributed by atoms with Crippen LogP contribution in [0.1, 0.15) is 77.0 Å². The average Bonchev–Trinajstić information content (AvgIpc) is 3.26. The zero-order chi connectivity index (χ0) is 25.9. The fourth-order valence-electron chi connectivity index (χ4n) is 6.15. The van der Waals surface area contributed by atoms with Crippen molar-refractivity contribution in [1.29, 1.82) is 0 Å². The third-order valence-corrected chi connectivity index (χ3v) is 8.91. The number of carbonyl (C=O) groups is 1. The molecular formula is C24H37Cl2F4N5O. The Labute approximate surface area is 220 Å². The van der Waals surface area contributed by atoms with Gasteiger partial charge in [0.2, 0.25) is 5.91 Å². The Morgan fingerprint density at radius 2 is 1.64 bits per heavy atom. The van der Waals surface area contributed by atoms with Crippen molar-refractivity contribution in [2.75, 3.05) is 0 Å². The van der Waals surface area contributed by atoms with Gasteiger partial charge in [-0.2, -0.15) is 13.2 Å². The van der Waals surface area contributed by atoms with Crippen molar-refractivity contribution in [3.63, 3.8) is 0 Å². The predicted molar refractivity (Wildman–Crippen MR) is 132 cm³/mol. The SMILES string of the molecule is O=C(N/C(=N\C1CC(C2CCCC(Cl)C2)NN1)NC1CC(F)CC(Cl)C1)C1CCC(C(F)(F)F)CC1. The van der Waals surface area contributed by atoms with Crippen LogP contribution in [0.25, 0.3) is 0 Å². The first-order chi connectivity index (χ1) is 17.1. The van der Waals surface area contributed by atoms with Gasteiger partial charge >= 0.3 is 6.18 Å². The smallest absolute Gasteiger partial charge is 0.353 e. The molecule has 0 spiro atoms. The molecule has 4 N–H and O–H groups in total. The first-order valence-corrected chi connectivity index (χ1v) is 14.1. The van der Waals surface area contributed by atoms with Gasteiger partial charge < -0.3 is 5.32 Å². The van der Waals surface area contributed by atoms with Gasteiger partial charge in [-0.05, 0) is 70.1 Å². The second-order valence-electron chi connectivity index (χ2n) is 11.0. The molecule has 3 saturated carbocycles. The molecule has 7 unspecified atom stereocenters. The highest BCUT2D eigenvalue weighted by molar-refractivity contribution is 6.20. The fourth-order valence-corrected chi connectivity index (χ4v) is 6.94. The van der Waals surface area contributed by atoms with Gasteiger partial charge in [-0.3, -0.25) is 15.5 Å². The molecule has 36 heavy (non-hydrogen) atoms. The summed E-state index contributed by atoms with van der Waals surface area (Å²) in [4.78, 5) is 17.7. The second kappa shape index (κ2) is 12.3. The van der Waals surface area contributed by atoms with Crippen LogP contribution in [0.5, 0.6) is 0 Å².